The SMILES string of the molecule is CCCC(O)(C(=O)OCC)C(CC)c1ccccc1. The van der Waals surface area contributed by atoms with Gasteiger partial charge in [0.2, 0.25) is 0 Å². The Morgan fingerprint density at radius 2 is 1.89 bits per heavy atom. The molecule has 2 atom stereocenters. The van der Waals surface area contributed by atoms with Crippen LogP contribution in [0.5, 0.6) is 0 Å². The monoisotopic (exact) mass is 264 g/mol. The summed E-state index contributed by atoms with van der Waals surface area (Å²) in [5.74, 6) is -0.736. The van der Waals surface area contributed by atoms with E-state index in [4.69, 9.17) is 4.74 Å². The number of hydrogen-bond acceptors (Lipinski definition) is 3. The van der Waals surface area contributed by atoms with E-state index in [0.717, 1.165) is 12.0 Å². The third-order valence-corrected chi connectivity index (χ3v) is 3.45. The van der Waals surface area contributed by atoms with Crippen molar-refractivity contribution in [2.75, 3.05) is 6.61 Å². The Morgan fingerprint density at radius 1 is 1.26 bits per heavy atom. The molecular weight excluding hydrogens is 240 g/mol. The van der Waals surface area contributed by atoms with Crippen LogP contribution >= 0.6 is 0 Å². The molecule has 1 rings (SSSR count). The molecule has 1 N–H and O–H groups in total. The molecule has 1 aromatic rings. The average molecular weight is 264 g/mol. The molecule has 0 aliphatic heterocycles. The van der Waals surface area contributed by atoms with E-state index in [1.54, 1.807) is 6.92 Å². The Kier molecular flexibility index (Phi) is 6.03. The van der Waals surface area contributed by atoms with Crippen LogP contribution in [0.2, 0.25) is 0 Å². The quantitative estimate of drug-likeness (QED) is 0.769. The number of benzene rings is 1. The van der Waals surface area contributed by atoms with Crippen molar-refractivity contribution in [2.45, 2.75) is 51.6 Å². The van der Waals surface area contributed by atoms with Crippen LogP contribution < -0.4 is 0 Å². The summed E-state index contributed by atoms with van der Waals surface area (Å²) in [5, 5.41) is 10.8. The summed E-state index contributed by atoms with van der Waals surface area (Å²) < 4.78 is 5.07. The molecule has 0 spiro atoms. The van der Waals surface area contributed by atoms with Gasteiger partial charge in [0, 0.05) is 5.92 Å². The highest BCUT2D eigenvalue weighted by Crippen LogP contribution is 2.36. The second kappa shape index (κ2) is 7.29. The van der Waals surface area contributed by atoms with Gasteiger partial charge in [0.05, 0.1) is 6.61 Å². The highest BCUT2D eigenvalue weighted by molar-refractivity contribution is 5.80. The minimum atomic E-state index is -1.43. The normalized spacial score (nSPS) is 15.6. The highest BCUT2D eigenvalue weighted by Gasteiger charge is 2.44. The van der Waals surface area contributed by atoms with Crippen molar-refractivity contribution >= 4 is 5.97 Å². The molecule has 0 saturated heterocycles. The highest BCUT2D eigenvalue weighted by atomic mass is 16.5. The molecule has 1 aromatic carbocycles. The van der Waals surface area contributed by atoms with Gasteiger partial charge in [-0.05, 0) is 25.3 Å². The first-order valence-electron chi connectivity index (χ1n) is 7.04. The van der Waals surface area contributed by atoms with E-state index in [1.165, 1.54) is 0 Å². The number of carbonyl (C=O) groups is 1. The fourth-order valence-electron chi connectivity index (χ4n) is 2.59. The zero-order valence-corrected chi connectivity index (χ0v) is 12.1. The second-order valence-corrected chi connectivity index (χ2v) is 4.77. The number of rotatable bonds is 7. The van der Waals surface area contributed by atoms with Crippen molar-refractivity contribution < 1.29 is 14.6 Å². The molecule has 0 aromatic heterocycles. The van der Waals surface area contributed by atoms with Crippen molar-refractivity contribution in [3.05, 3.63) is 35.9 Å². The molecule has 3 heteroatoms. The molecule has 0 amide bonds. The molecule has 0 fully saturated rings. The Labute approximate surface area is 115 Å². The van der Waals surface area contributed by atoms with Crippen LogP contribution in [0.25, 0.3) is 0 Å². The van der Waals surface area contributed by atoms with Gasteiger partial charge in [-0.15, -0.1) is 0 Å². The van der Waals surface area contributed by atoms with Crippen molar-refractivity contribution in [2.24, 2.45) is 0 Å². The van der Waals surface area contributed by atoms with Crippen LogP contribution in [0, 0.1) is 0 Å². The Balaban J connectivity index is 3.10. The lowest BCUT2D eigenvalue weighted by Gasteiger charge is -2.33. The van der Waals surface area contributed by atoms with Crippen molar-refractivity contribution in [1.82, 2.24) is 0 Å². The summed E-state index contributed by atoms with van der Waals surface area (Å²) in [7, 11) is 0. The molecule has 3 nitrogen and oxygen atoms in total. The van der Waals surface area contributed by atoms with E-state index in [2.05, 4.69) is 0 Å². The summed E-state index contributed by atoms with van der Waals surface area (Å²) in [6.07, 6.45) is 1.84. The molecule has 0 aliphatic carbocycles. The minimum Gasteiger partial charge on any atom is -0.464 e. The summed E-state index contributed by atoms with van der Waals surface area (Å²) >= 11 is 0. The number of carbonyl (C=O) groups excluding carboxylic acids is 1. The Hall–Kier alpha value is -1.35. The maximum atomic E-state index is 12.2. The largest absolute Gasteiger partial charge is 0.464 e. The maximum Gasteiger partial charge on any atom is 0.338 e. The third-order valence-electron chi connectivity index (χ3n) is 3.45. The summed E-state index contributed by atoms with van der Waals surface area (Å²) in [6.45, 7) is 5.99. The van der Waals surface area contributed by atoms with Gasteiger partial charge >= 0.3 is 5.97 Å². The molecule has 0 radical (unpaired) electrons. The predicted octanol–water partition coefficient (Wildman–Crippen LogP) is 3.27. The van der Waals surface area contributed by atoms with Crippen molar-refractivity contribution in [1.29, 1.82) is 0 Å². The van der Waals surface area contributed by atoms with Gasteiger partial charge in [-0.1, -0.05) is 50.6 Å². The molecule has 0 saturated carbocycles. The molecule has 106 valence electrons. The van der Waals surface area contributed by atoms with Gasteiger partial charge in [-0.25, -0.2) is 4.79 Å². The van der Waals surface area contributed by atoms with E-state index in [9.17, 15) is 9.90 Å². The van der Waals surface area contributed by atoms with Gasteiger partial charge < -0.3 is 9.84 Å². The minimum absolute atomic E-state index is 0.229. The van der Waals surface area contributed by atoms with Crippen LogP contribution in [-0.4, -0.2) is 23.3 Å². The Morgan fingerprint density at radius 3 is 2.37 bits per heavy atom. The van der Waals surface area contributed by atoms with Crippen LogP contribution in [0.1, 0.15) is 51.5 Å². The lowest BCUT2D eigenvalue weighted by atomic mass is 9.77. The van der Waals surface area contributed by atoms with E-state index >= 15 is 0 Å². The van der Waals surface area contributed by atoms with E-state index in [1.807, 2.05) is 44.2 Å². The average Bonchev–Trinajstić information content (AvgIpc) is 2.41. The number of ether oxygens (including phenoxy) is 1. The molecule has 0 heterocycles. The molecular formula is C16H24O3. The lowest BCUT2D eigenvalue weighted by molar-refractivity contribution is -0.169. The first kappa shape index (κ1) is 15.7. The van der Waals surface area contributed by atoms with Gasteiger partial charge in [0.25, 0.3) is 0 Å². The fraction of sp³-hybridized carbons (Fsp3) is 0.562. The first-order valence-corrected chi connectivity index (χ1v) is 7.04. The van der Waals surface area contributed by atoms with Crippen molar-refractivity contribution in [3.63, 3.8) is 0 Å². The summed E-state index contributed by atoms with van der Waals surface area (Å²) in [5.41, 5.74) is -0.449. The second-order valence-electron chi connectivity index (χ2n) is 4.77. The zero-order valence-electron chi connectivity index (χ0n) is 12.1. The number of aliphatic hydroxyl groups is 1. The van der Waals surface area contributed by atoms with E-state index in [0.29, 0.717) is 12.8 Å². The predicted molar refractivity (Wildman–Crippen MR) is 76.0 cm³/mol. The standard InChI is InChI=1S/C16H24O3/c1-4-12-16(18,15(17)19-6-3)14(5-2)13-10-8-7-9-11-13/h7-11,14,18H,4-6,12H2,1-3H3. The van der Waals surface area contributed by atoms with Gasteiger partial charge in [0.15, 0.2) is 5.60 Å². The van der Waals surface area contributed by atoms with Gasteiger partial charge in [-0.3, -0.25) is 0 Å². The fourth-order valence-corrected chi connectivity index (χ4v) is 2.59. The topological polar surface area (TPSA) is 46.5 Å². The van der Waals surface area contributed by atoms with E-state index in [-0.39, 0.29) is 12.5 Å². The molecule has 2 unspecified atom stereocenters. The number of esters is 1. The van der Waals surface area contributed by atoms with Gasteiger partial charge in [0.1, 0.15) is 0 Å². The summed E-state index contributed by atoms with van der Waals surface area (Å²) in [4.78, 5) is 12.2. The van der Waals surface area contributed by atoms with Crippen LogP contribution in [-0.2, 0) is 9.53 Å². The number of hydrogen-bond donors (Lipinski definition) is 1. The summed E-state index contributed by atoms with van der Waals surface area (Å²) in [6, 6.07) is 9.69. The van der Waals surface area contributed by atoms with Crippen LogP contribution in [0.3, 0.4) is 0 Å². The maximum absolute atomic E-state index is 12.2. The lowest BCUT2D eigenvalue weighted by Crippen LogP contribution is -2.45. The third kappa shape index (κ3) is 3.57. The molecule has 0 bridgehead atoms. The van der Waals surface area contributed by atoms with E-state index < -0.39 is 11.6 Å². The Bertz CT molecular complexity index is 388. The smallest absolute Gasteiger partial charge is 0.338 e. The molecule has 0 aliphatic rings. The van der Waals surface area contributed by atoms with Crippen molar-refractivity contribution in [3.8, 4) is 0 Å². The van der Waals surface area contributed by atoms with Crippen LogP contribution in [0.4, 0.5) is 0 Å². The zero-order chi connectivity index (χ0) is 14.3. The molecule has 19 heavy (non-hydrogen) atoms. The van der Waals surface area contributed by atoms with Gasteiger partial charge in [-0.2, -0.15) is 0 Å². The van der Waals surface area contributed by atoms with Crippen LogP contribution in [0.15, 0.2) is 30.3 Å². The first-order chi connectivity index (χ1) is 9.10.